The van der Waals surface area contributed by atoms with Crippen LogP contribution >= 0.6 is 0 Å². The molecule has 5 heteroatoms. The van der Waals surface area contributed by atoms with Gasteiger partial charge in [0, 0.05) is 23.3 Å². The predicted octanol–water partition coefficient (Wildman–Crippen LogP) is 4.44. The highest BCUT2D eigenvalue weighted by molar-refractivity contribution is 5.92. The van der Waals surface area contributed by atoms with E-state index >= 15 is 0 Å². The molecule has 0 aliphatic heterocycles. The van der Waals surface area contributed by atoms with Crippen molar-refractivity contribution in [3.63, 3.8) is 0 Å². The molecule has 4 rings (SSSR count). The number of hydrogen-bond donors (Lipinski definition) is 1. The summed E-state index contributed by atoms with van der Waals surface area (Å²) in [5.74, 6) is 2.12. The normalized spacial score (nSPS) is 10.6. The summed E-state index contributed by atoms with van der Waals surface area (Å²) < 4.78 is 5.43. The third-order valence-corrected chi connectivity index (χ3v) is 3.88. The largest absolute Gasteiger partial charge is 0.495 e. The van der Waals surface area contributed by atoms with Crippen LogP contribution in [0.15, 0.2) is 73.1 Å². The number of anilines is 2. The van der Waals surface area contributed by atoms with Gasteiger partial charge in [-0.15, -0.1) is 0 Å². The van der Waals surface area contributed by atoms with Gasteiger partial charge in [-0.25, -0.2) is 9.97 Å². The summed E-state index contributed by atoms with van der Waals surface area (Å²) in [7, 11) is 1.65. The SMILES string of the molecule is COc1ccccc1Nc1nc(-c2cccnc2)nc2ccccc12. The predicted molar refractivity (Wildman–Crippen MR) is 99.0 cm³/mol. The van der Waals surface area contributed by atoms with Crippen LogP contribution in [0.2, 0.25) is 0 Å². The Morgan fingerprint density at radius 1 is 0.880 bits per heavy atom. The maximum absolute atomic E-state index is 5.43. The summed E-state index contributed by atoms with van der Waals surface area (Å²) in [4.78, 5) is 13.6. The Hall–Kier alpha value is -3.47. The van der Waals surface area contributed by atoms with E-state index in [0.717, 1.165) is 33.7 Å². The molecule has 5 nitrogen and oxygen atoms in total. The van der Waals surface area contributed by atoms with E-state index in [9.17, 15) is 0 Å². The first-order valence-electron chi connectivity index (χ1n) is 7.92. The quantitative estimate of drug-likeness (QED) is 0.600. The number of nitrogens with one attached hydrogen (secondary N) is 1. The highest BCUT2D eigenvalue weighted by Gasteiger charge is 2.11. The number of nitrogens with zero attached hydrogens (tertiary/aromatic N) is 3. The number of fused-ring (bicyclic) bond motifs is 1. The zero-order chi connectivity index (χ0) is 17.1. The number of aromatic nitrogens is 3. The number of pyridine rings is 1. The van der Waals surface area contributed by atoms with Gasteiger partial charge in [0.2, 0.25) is 0 Å². The Morgan fingerprint density at radius 2 is 1.72 bits per heavy atom. The average molecular weight is 328 g/mol. The first-order valence-corrected chi connectivity index (χ1v) is 7.92. The molecular formula is C20H16N4O. The van der Waals surface area contributed by atoms with Gasteiger partial charge in [-0.2, -0.15) is 0 Å². The fourth-order valence-electron chi connectivity index (χ4n) is 2.67. The lowest BCUT2D eigenvalue weighted by molar-refractivity contribution is 0.417. The first kappa shape index (κ1) is 15.1. The summed E-state index contributed by atoms with van der Waals surface area (Å²) >= 11 is 0. The fraction of sp³-hybridized carbons (Fsp3) is 0.0500. The minimum atomic E-state index is 0.629. The van der Waals surface area contributed by atoms with Gasteiger partial charge in [-0.3, -0.25) is 4.98 Å². The summed E-state index contributed by atoms with van der Waals surface area (Å²) in [5, 5.41) is 4.33. The van der Waals surface area contributed by atoms with Crippen molar-refractivity contribution in [1.29, 1.82) is 0 Å². The molecule has 0 fully saturated rings. The third kappa shape index (κ3) is 2.99. The molecule has 0 saturated carbocycles. The van der Waals surface area contributed by atoms with E-state index < -0.39 is 0 Å². The fourth-order valence-corrected chi connectivity index (χ4v) is 2.67. The van der Waals surface area contributed by atoms with Crippen LogP contribution in [0.3, 0.4) is 0 Å². The molecule has 0 unspecified atom stereocenters. The van der Waals surface area contributed by atoms with Gasteiger partial charge in [0.25, 0.3) is 0 Å². The summed E-state index contributed by atoms with van der Waals surface area (Å²) in [6, 6.07) is 19.5. The summed E-state index contributed by atoms with van der Waals surface area (Å²) in [6.45, 7) is 0. The van der Waals surface area contributed by atoms with Crippen molar-refractivity contribution in [2.75, 3.05) is 12.4 Å². The third-order valence-electron chi connectivity index (χ3n) is 3.88. The second kappa shape index (κ2) is 6.57. The molecule has 1 N–H and O–H groups in total. The standard InChI is InChI=1S/C20H16N4O/c1-25-18-11-5-4-10-17(18)23-20-15-8-2-3-9-16(15)22-19(24-20)14-7-6-12-21-13-14/h2-13H,1H3,(H,22,23,24). The van der Waals surface area contributed by atoms with Gasteiger partial charge >= 0.3 is 0 Å². The molecule has 0 saturated heterocycles. The second-order valence-electron chi connectivity index (χ2n) is 5.48. The highest BCUT2D eigenvalue weighted by atomic mass is 16.5. The van der Waals surface area contributed by atoms with Crippen LogP contribution in [-0.2, 0) is 0 Å². The van der Waals surface area contributed by atoms with Gasteiger partial charge in [-0.1, -0.05) is 24.3 Å². The first-order chi connectivity index (χ1) is 12.3. The monoisotopic (exact) mass is 328 g/mol. The number of hydrogen-bond acceptors (Lipinski definition) is 5. The molecule has 25 heavy (non-hydrogen) atoms. The number of benzene rings is 2. The van der Waals surface area contributed by atoms with Gasteiger partial charge in [-0.05, 0) is 36.4 Å². The zero-order valence-electron chi connectivity index (χ0n) is 13.7. The van der Waals surface area contributed by atoms with E-state index in [1.807, 2.05) is 60.7 Å². The lowest BCUT2D eigenvalue weighted by Crippen LogP contribution is -2.00. The van der Waals surface area contributed by atoms with Gasteiger partial charge in [0.15, 0.2) is 5.82 Å². The minimum absolute atomic E-state index is 0.629. The van der Waals surface area contributed by atoms with Crippen LogP contribution in [0.25, 0.3) is 22.3 Å². The molecule has 122 valence electrons. The maximum atomic E-state index is 5.43. The summed E-state index contributed by atoms with van der Waals surface area (Å²) in [5.41, 5.74) is 2.59. The average Bonchev–Trinajstić information content (AvgIpc) is 2.69. The van der Waals surface area contributed by atoms with E-state index in [1.165, 1.54) is 0 Å². The van der Waals surface area contributed by atoms with E-state index in [-0.39, 0.29) is 0 Å². The van der Waals surface area contributed by atoms with Gasteiger partial charge < -0.3 is 10.1 Å². The van der Waals surface area contributed by atoms with E-state index in [2.05, 4.69) is 15.3 Å². The highest BCUT2D eigenvalue weighted by Crippen LogP contribution is 2.31. The molecule has 0 aliphatic carbocycles. The van der Waals surface area contributed by atoms with Gasteiger partial charge in [0.1, 0.15) is 11.6 Å². The Kier molecular flexibility index (Phi) is 3.96. The zero-order valence-corrected chi connectivity index (χ0v) is 13.7. The molecule has 0 radical (unpaired) electrons. The molecule has 0 spiro atoms. The van der Waals surface area contributed by atoms with E-state index in [1.54, 1.807) is 19.5 Å². The molecule has 0 atom stereocenters. The van der Waals surface area contributed by atoms with E-state index in [0.29, 0.717) is 5.82 Å². The van der Waals surface area contributed by atoms with E-state index in [4.69, 9.17) is 9.72 Å². The molecular weight excluding hydrogens is 312 g/mol. The van der Waals surface area contributed by atoms with Crippen molar-refractivity contribution in [2.45, 2.75) is 0 Å². The molecule has 0 aliphatic rings. The smallest absolute Gasteiger partial charge is 0.163 e. The van der Waals surface area contributed by atoms with Crippen molar-refractivity contribution in [2.24, 2.45) is 0 Å². The number of rotatable bonds is 4. The van der Waals surface area contributed by atoms with Crippen molar-refractivity contribution in [3.05, 3.63) is 73.1 Å². The topological polar surface area (TPSA) is 59.9 Å². The lowest BCUT2D eigenvalue weighted by atomic mass is 10.2. The van der Waals surface area contributed by atoms with Gasteiger partial charge in [0.05, 0.1) is 18.3 Å². The molecule has 2 aromatic carbocycles. The van der Waals surface area contributed by atoms with Crippen molar-refractivity contribution < 1.29 is 4.74 Å². The Morgan fingerprint density at radius 3 is 2.56 bits per heavy atom. The molecule has 2 heterocycles. The number of para-hydroxylation sites is 3. The Labute approximate surface area is 145 Å². The van der Waals surface area contributed by atoms with Crippen LogP contribution in [-0.4, -0.2) is 22.1 Å². The van der Waals surface area contributed by atoms with Crippen molar-refractivity contribution in [1.82, 2.24) is 15.0 Å². The van der Waals surface area contributed by atoms with Crippen LogP contribution < -0.4 is 10.1 Å². The molecule has 4 aromatic rings. The van der Waals surface area contributed by atoms with Crippen LogP contribution in [0, 0.1) is 0 Å². The molecule has 0 amide bonds. The second-order valence-corrected chi connectivity index (χ2v) is 5.48. The lowest BCUT2D eigenvalue weighted by Gasteiger charge is -2.13. The molecule has 0 bridgehead atoms. The number of ether oxygens (including phenoxy) is 1. The maximum Gasteiger partial charge on any atom is 0.163 e. The van der Waals surface area contributed by atoms with Crippen molar-refractivity contribution in [3.8, 4) is 17.1 Å². The molecule has 2 aromatic heterocycles. The Bertz CT molecular complexity index is 1020. The van der Waals surface area contributed by atoms with Crippen LogP contribution in [0.5, 0.6) is 5.75 Å². The van der Waals surface area contributed by atoms with Crippen LogP contribution in [0.1, 0.15) is 0 Å². The summed E-state index contributed by atoms with van der Waals surface area (Å²) in [6.07, 6.45) is 3.50. The minimum Gasteiger partial charge on any atom is -0.495 e. The Balaban J connectivity index is 1.87. The van der Waals surface area contributed by atoms with Crippen molar-refractivity contribution >= 4 is 22.4 Å². The van der Waals surface area contributed by atoms with Crippen LogP contribution in [0.4, 0.5) is 11.5 Å². The number of methoxy groups -OCH3 is 1.